The summed E-state index contributed by atoms with van der Waals surface area (Å²) in [4.78, 5) is 0. The smallest absolute Gasteiger partial charge is 0.361 e. The van der Waals surface area contributed by atoms with E-state index in [1.165, 1.54) is 22.1 Å². The molecule has 3 rings (SSSR count). The fourth-order valence-electron chi connectivity index (χ4n) is 3.07. The van der Waals surface area contributed by atoms with E-state index in [1.807, 2.05) is 12.1 Å². The molecule has 0 saturated carbocycles. The number of hydrogen-bond acceptors (Lipinski definition) is 2. The summed E-state index contributed by atoms with van der Waals surface area (Å²) in [5, 5.41) is 3.46. The highest BCUT2D eigenvalue weighted by atomic mass is 16.4. The van der Waals surface area contributed by atoms with Crippen molar-refractivity contribution in [1.29, 1.82) is 0 Å². The zero-order valence-corrected chi connectivity index (χ0v) is 15.4. The van der Waals surface area contributed by atoms with Crippen LogP contribution in [-0.4, -0.2) is 20.1 Å². The van der Waals surface area contributed by atoms with Gasteiger partial charge in [-0.3, -0.25) is 0 Å². The first-order valence-electron chi connectivity index (χ1n) is 9.37. The van der Waals surface area contributed by atoms with E-state index in [2.05, 4.69) is 85.0 Å². The molecule has 0 atom stereocenters. The van der Waals surface area contributed by atoms with Gasteiger partial charge in [0.2, 0.25) is 0 Å². The van der Waals surface area contributed by atoms with Gasteiger partial charge >= 0.3 is 6.92 Å². The summed E-state index contributed by atoms with van der Waals surface area (Å²) in [6.45, 7) is 4.52. The molecule has 0 unspecified atom stereocenters. The van der Waals surface area contributed by atoms with E-state index < -0.39 is 0 Å². The van der Waals surface area contributed by atoms with E-state index >= 15 is 0 Å². The van der Waals surface area contributed by atoms with Crippen molar-refractivity contribution < 1.29 is 4.65 Å². The Balaban J connectivity index is 1.61. The number of hydrogen-bond donors (Lipinski definition) is 1. The minimum Gasteiger partial charge on any atom is -0.426 e. The monoisotopic (exact) mass is 343 g/mol. The first-order valence-corrected chi connectivity index (χ1v) is 9.37. The van der Waals surface area contributed by atoms with Crippen LogP contribution in [0.1, 0.15) is 18.1 Å². The average molecular weight is 343 g/mol. The molecule has 26 heavy (non-hydrogen) atoms. The lowest BCUT2D eigenvalue weighted by Crippen LogP contribution is -2.46. The van der Waals surface area contributed by atoms with Crippen molar-refractivity contribution in [3.05, 3.63) is 96.1 Å². The largest absolute Gasteiger partial charge is 0.426 e. The molecule has 132 valence electrons. The molecule has 0 spiro atoms. The Bertz CT molecular complexity index is 776. The molecule has 2 nitrogen and oxygen atoms in total. The number of aryl methyl sites for hydroxylation is 1. The van der Waals surface area contributed by atoms with Gasteiger partial charge in [-0.1, -0.05) is 91.9 Å². The summed E-state index contributed by atoms with van der Waals surface area (Å²) in [6.07, 6.45) is 1.04. The molecule has 0 heterocycles. The van der Waals surface area contributed by atoms with Crippen LogP contribution in [0.4, 0.5) is 0 Å². The van der Waals surface area contributed by atoms with E-state index in [-0.39, 0.29) is 6.92 Å². The Morgan fingerprint density at radius 1 is 0.769 bits per heavy atom. The molecule has 0 amide bonds. The SMILES string of the molecule is CCc1cccc(B(OCCNCc2ccccc2)c2ccccc2)c1. The lowest BCUT2D eigenvalue weighted by atomic mass is 9.55. The summed E-state index contributed by atoms with van der Waals surface area (Å²) in [7, 11) is 0. The van der Waals surface area contributed by atoms with Gasteiger partial charge in [-0.25, -0.2) is 0 Å². The van der Waals surface area contributed by atoms with Crippen LogP contribution in [0.15, 0.2) is 84.9 Å². The molecular weight excluding hydrogens is 317 g/mol. The lowest BCUT2D eigenvalue weighted by Gasteiger charge is -2.16. The van der Waals surface area contributed by atoms with Crippen molar-refractivity contribution in [2.75, 3.05) is 13.2 Å². The highest BCUT2D eigenvalue weighted by molar-refractivity contribution is 6.80. The molecule has 3 aromatic carbocycles. The van der Waals surface area contributed by atoms with E-state index in [1.54, 1.807) is 0 Å². The molecule has 0 aliphatic heterocycles. The predicted octanol–water partition coefficient (Wildman–Crippen LogP) is 3.16. The second kappa shape index (κ2) is 9.96. The van der Waals surface area contributed by atoms with Crippen LogP contribution in [0.5, 0.6) is 0 Å². The van der Waals surface area contributed by atoms with Crippen LogP contribution in [0.3, 0.4) is 0 Å². The molecular formula is C23H26BNO. The van der Waals surface area contributed by atoms with E-state index in [0.29, 0.717) is 6.61 Å². The van der Waals surface area contributed by atoms with E-state index in [9.17, 15) is 0 Å². The lowest BCUT2D eigenvalue weighted by molar-refractivity contribution is 0.328. The maximum Gasteiger partial charge on any atom is 0.361 e. The standard InChI is InChI=1S/C23H26BNO/c1-2-20-12-9-15-23(18-20)24(22-13-7-4-8-14-22)26-17-16-25-19-21-10-5-3-6-11-21/h3-15,18,25H,2,16-17,19H2,1H3. The Kier molecular flexibility index (Phi) is 7.06. The van der Waals surface area contributed by atoms with Gasteiger partial charge in [-0.15, -0.1) is 0 Å². The molecule has 0 aliphatic carbocycles. The molecule has 0 bridgehead atoms. The maximum absolute atomic E-state index is 6.29. The average Bonchev–Trinajstić information content (AvgIpc) is 2.72. The normalized spacial score (nSPS) is 10.7. The summed E-state index contributed by atoms with van der Waals surface area (Å²) in [5.41, 5.74) is 5.06. The minimum absolute atomic E-state index is 0.0266. The zero-order valence-electron chi connectivity index (χ0n) is 15.4. The molecule has 3 aromatic rings. The summed E-state index contributed by atoms with van der Waals surface area (Å²) < 4.78 is 6.29. The van der Waals surface area contributed by atoms with Gasteiger partial charge in [0.1, 0.15) is 0 Å². The third-order valence-corrected chi connectivity index (χ3v) is 4.50. The van der Waals surface area contributed by atoms with Gasteiger partial charge in [-0.05, 0) is 28.5 Å². The third kappa shape index (κ3) is 5.32. The summed E-state index contributed by atoms with van der Waals surface area (Å²) in [6, 6.07) is 29.6. The topological polar surface area (TPSA) is 21.3 Å². The van der Waals surface area contributed by atoms with Crippen molar-refractivity contribution in [3.8, 4) is 0 Å². The quantitative estimate of drug-likeness (QED) is 0.476. The first kappa shape index (κ1) is 18.4. The van der Waals surface area contributed by atoms with Crippen LogP contribution >= 0.6 is 0 Å². The zero-order chi connectivity index (χ0) is 18.0. The van der Waals surface area contributed by atoms with Crippen molar-refractivity contribution in [2.24, 2.45) is 0 Å². The van der Waals surface area contributed by atoms with Gasteiger partial charge in [0.15, 0.2) is 0 Å². The fourth-order valence-corrected chi connectivity index (χ4v) is 3.07. The summed E-state index contributed by atoms with van der Waals surface area (Å²) in [5.74, 6) is 0. The minimum atomic E-state index is -0.0266. The van der Waals surface area contributed by atoms with Gasteiger partial charge in [0.05, 0.1) is 0 Å². The molecule has 0 aromatic heterocycles. The highest BCUT2D eigenvalue weighted by Crippen LogP contribution is 2.01. The van der Waals surface area contributed by atoms with Crippen molar-refractivity contribution in [3.63, 3.8) is 0 Å². The molecule has 3 heteroatoms. The van der Waals surface area contributed by atoms with E-state index in [0.717, 1.165) is 19.5 Å². The van der Waals surface area contributed by atoms with Gasteiger partial charge < -0.3 is 9.97 Å². The van der Waals surface area contributed by atoms with Crippen LogP contribution in [0.2, 0.25) is 0 Å². The second-order valence-electron chi connectivity index (χ2n) is 6.42. The number of nitrogens with one attached hydrogen (secondary N) is 1. The number of benzene rings is 3. The number of rotatable bonds is 9. The van der Waals surface area contributed by atoms with E-state index in [4.69, 9.17) is 4.65 Å². The molecule has 0 radical (unpaired) electrons. The van der Waals surface area contributed by atoms with Gasteiger partial charge in [-0.2, -0.15) is 0 Å². The highest BCUT2D eigenvalue weighted by Gasteiger charge is 2.21. The maximum atomic E-state index is 6.29. The second-order valence-corrected chi connectivity index (χ2v) is 6.42. The Labute approximate surface area is 157 Å². The van der Waals surface area contributed by atoms with Crippen molar-refractivity contribution in [2.45, 2.75) is 19.9 Å². The molecule has 0 fully saturated rings. The first-order chi connectivity index (χ1) is 12.9. The van der Waals surface area contributed by atoms with Crippen molar-refractivity contribution in [1.82, 2.24) is 5.32 Å². The van der Waals surface area contributed by atoms with Crippen molar-refractivity contribution >= 4 is 17.8 Å². The molecule has 1 N–H and O–H groups in total. The van der Waals surface area contributed by atoms with Crippen LogP contribution in [-0.2, 0) is 17.6 Å². The van der Waals surface area contributed by atoms with Crippen LogP contribution in [0.25, 0.3) is 0 Å². The van der Waals surface area contributed by atoms with Gasteiger partial charge in [0.25, 0.3) is 0 Å². The van der Waals surface area contributed by atoms with Gasteiger partial charge in [0, 0.05) is 19.7 Å². The Morgan fingerprint density at radius 3 is 2.15 bits per heavy atom. The predicted molar refractivity (Wildman–Crippen MR) is 111 cm³/mol. The Morgan fingerprint density at radius 2 is 1.42 bits per heavy atom. The molecule has 0 saturated heterocycles. The molecule has 0 aliphatic rings. The Hall–Kier alpha value is -2.36. The summed E-state index contributed by atoms with van der Waals surface area (Å²) >= 11 is 0. The van der Waals surface area contributed by atoms with Crippen LogP contribution < -0.4 is 16.2 Å². The third-order valence-electron chi connectivity index (χ3n) is 4.50. The fraction of sp³-hybridized carbons (Fsp3) is 0.217. The van der Waals surface area contributed by atoms with Crippen LogP contribution in [0, 0.1) is 0 Å².